The van der Waals surface area contributed by atoms with Crippen LogP contribution in [0.15, 0.2) is 24.3 Å². The quantitative estimate of drug-likeness (QED) is 0.558. The van der Waals surface area contributed by atoms with E-state index in [-0.39, 0.29) is 0 Å². The number of rotatable bonds is 11. The van der Waals surface area contributed by atoms with Crippen molar-refractivity contribution in [3.63, 3.8) is 0 Å². The second kappa shape index (κ2) is 12.6. The maximum atomic E-state index is 12.0. The summed E-state index contributed by atoms with van der Waals surface area (Å²) in [5.41, 5.74) is 0.670. The molecule has 146 valence electrons. The molecule has 1 aliphatic rings. The second-order valence-electron chi connectivity index (χ2n) is 6.92. The fourth-order valence-electron chi connectivity index (χ4n) is 3.18. The van der Waals surface area contributed by atoms with Crippen LogP contribution >= 0.6 is 0 Å². The molecule has 0 aromatic heterocycles. The van der Waals surface area contributed by atoms with Gasteiger partial charge in [0.05, 0.1) is 12.3 Å². The Hall–Kier alpha value is -1.75. The van der Waals surface area contributed by atoms with E-state index in [0.29, 0.717) is 24.7 Å². The fourth-order valence-corrected chi connectivity index (χ4v) is 3.18. The molecule has 1 aromatic carbocycles. The molecule has 1 saturated heterocycles. The molecule has 0 aliphatic carbocycles. The number of benzene rings is 1. The lowest BCUT2D eigenvalue weighted by Gasteiger charge is -2.25. The van der Waals surface area contributed by atoms with Crippen molar-refractivity contribution in [3.8, 4) is 5.75 Å². The fraction of sp³-hybridized carbons (Fsp3) is 0.667. The van der Waals surface area contributed by atoms with Crippen LogP contribution in [0.2, 0.25) is 0 Å². The minimum absolute atomic E-state index is 0.416. The van der Waals surface area contributed by atoms with Crippen molar-refractivity contribution in [3.05, 3.63) is 24.3 Å². The first kappa shape index (κ1) is 20.6. The molecule has 1 aromatic rings. The minimum atomic E-state index is -0.416. The van der Waals surface area contributed by atoms with Crippen LogP contribution in [-0.4, -0.2) is 43.8 Å². The Morgan fingerprint density at radius 1 is 1.04 bits per heavy atom. The van der Waals surface area contributed by atoms with Gasteiger partial charge in [-0.2, -0.15) is 0 Å². The van der Waals surface area contributed by atoms with Crippen LogP contribution in [0.25, 0.3) is 0 Å². The van der Waals surface area contributed by atoms with E-state index in [1.807, 2.05) is 24.3 Å². The largest absolute Gasteiger partial charge is 0.491 e. The van der Waals surface area contributed by atoms with Crippen LogP contribution in [0.4, 0.5) is 10.5 Å². The Labute approximate surface area is 158 Å². The van der Waals surface area contributed by atoms with Crippen LogP contribution in [0.3, 0.4) is 0 Å². The van der Waals surface area contributed by atoms with Crippen molar-refractivity contribution in [1.82, 2.24) is 4.90 Å². The lowest BCUT2D eigenvalue weighted by atomic mass is 10.1. The van der Waals surface area contributed by atoms with Crippen molar-refractivity contribution in [2.45, 2.75) is 58.3 Å². The van der Waals surface area contributed by atoms with Gasteiger partial charge in [-0.1, -0.05) is 51.2 Å². The van der Waals surface area contributed by atoms with Crippen molar-refractivity contribution in [2.24, 2.45) is 0 Å². The van der Waals surface area contributed by atoms with E-state index in [4.69, 9.17) is 9.47 Å². The zero-order chi connectivity index (χ0) is 18.5. The molecular weight excluding hydrogens is 328 g/mol. The molecule has 0 spiro atoms. The third kappa shape index (κ3) is 8.09. The molecule has 0 bridgehead atoms. The summed E-state index contributed by atoms with van der Waals surface area (Å²) in [6.07, 6.45) is 9.38. The number of likely N-dealkylation sites (tertiary alicyclic amines) is 1. The number of para-hydroxylation sites is 2. The Bertz CT molecular complexity index is 516. The number of carbonyl (C=O) groups is 1. The molecule has 2 rings (SSSR count). The number of hydrogen-bond acceptors (Lipinski definition) is 4. The number of amides is 1. The highest BCUT2D eigenvalue weighted by Gasteiger charge is 2.12. The van der Waals surface area contributed by atoms with Crippen LogP contribution in [0.5, 0.6) is 5.75 Å². The molecule has 5 nitrogen and oxygen atoms in total. The summed E-state index contributed by atoms with van der Waals surface area (Å²) in [7, 11) is 0. The molecule has 0 atom stereocenters. The van der Waals surface area contributed by atoms with Gasteiger partial charge in [-0.15, -0.1) is 0 Å². The zero-order valence-corrected chi connectivity index (χ0v) is 16.2. The molecule has 0 radical (unpaired) electrons. The number of anilines is 1. The van der Waals surface area contributed by atoms with E-state index in [0.717, 1.165) is 26.1 Å². The summed E-state index contributed by atoms with van der Waals surface area (Å²) in [6.45, 7) is 6.34. The smallest absolute Gasteiger partial charge is 0.411 e. The number of hydrogen-bond donors (Lipinski definition) is 1. The van der Waals surface area contributed by atoms with Crippen LogP contribution < -0.4 is 10.1 Å². The van der Waals surface area contributed by atoms with E-state index in [1.165, 1.54) is 44.9 Å². The SMILES string of the molecule is CCCCCCCOc1ccccc1NC(=O)OCCN1CCCCC1. The lowest BCUT2D eigenvalue weighted by molar-refractivity contribution is 0.131. The van der Waals surface area contributed by atoms with Crippen LogP contribution in [0, 0.1) is 0 Å². The maximum Gasteiger partial charge on any atom is 0.411 e. The minimum Gasteiger partial charge on any atom is -0.491 e. The van der Waals surface area contributed by atoms with Crippen molar-refractivity contribution >= 4 is 11.8 Å². The molecule has 0 saturated carbocycles. The van der Waals surface area contributed by atoms with Gasteiger partial charge < -0.3 is 9.47 Å². The molecule has 1 amide bonds. The highest BCUT2D eigenvalue weighted by molar-refractivity contribution is 5.86. The van der Waals surface area contributed by atoms with Gasteiger partial charge >= 0.3 is 6.09 Å². The Kier molecular flexibility index (Phi) is 9.95. The summed E-state index contributed by atoms with van der Waals surface area (Å²) < 4.78 is 11.2. The number of unbranched alkanes of at least 4 members (excludes halogenated alkanes) is 4. The summed E-state index contributed by atoms with van der Waals surface area (Å²) in [5.74, 6) is 0.705. The highest BCUT2D eigenvalue weighted by atomic mass is 16.5. The van der Waals surface area contributed by atoms with E-state index in [1.54, 1.807) is 0 Å². The number of nitrogens with zero attached hydrogens (tertiary/aromatic N) is 1. The standard InChI is InChI=1S/C21H34N2O3/c1-2-3-4-5-11-17-25-20-13-8-7-12-19(20)22-21(24)26-18-16-23-14-9-6-10-15-23/h7-8,12-13H,2-6,9-11,14-18H2,1H3,(H,22,24). The van der Waals surface area contributed by atoms with Gasteiger partial charge in [-0.05, 0) is 44.5 Å². The van der Waals surface area contributed by atoms with Gasteiger partial charge in [0.25, 0.3) is 0 Å². The number of carbonyl (C=O) groups excluding carboxylic acids is 1. The van der Waals surface area contributed by atoms with Gasteiger partial charge in [-0.25, -0.2) is 4.79 Å². The topological polar surface area (TPSA) is 50.8 Å². The molecule has 1 N–H and O–H groups in total. The van der Waals surface area contributed by atoms with E-state index >= 15 is 0 Å². The molecule has 1 fully saturated rings. The number of ether oxygens (including phenoxy) is 2. The molecule has 5 heteroatoms. The lowest BCUT2D eigenvalue weighted by Crippen LogP contribution is -2.33. The Balaban J connectivity index is 1.67. The predicted octanol–water partition coefficient (Wildman–Crippen LogP) is 5.07. The number of nitrogens with one attached hydrogen (secondary N) is 1. The molecule has 1 heterocycles. The van der Waals surface area contributed by atoms with Crippen LogP contribution in [0.1, 0.15) is 58.3 Å². The van der Waals surface area contributed by atoms with Crippen molar-refractivity contribution < 1.29 is 14.3 Å². The summed E-state index contributed by atoms with van der Waals surface area (Å²) >= 11 is 0. The first-order valence-electron chi connectivity index (χ1n) is 10.2. The zero-order valence-electron chi connectivity index (χ0n) is 16.2. The van der Waals surface area contributed by atoms with Gasteiger partial charge in [0.1, 0.15) is 12.4 Å². The first-order valence-corrected chi connectivity index (χ1v) is 10.2. The normalized spacial score (nSPS) is 14.8. The summed E-state index contributed by atoms with van der Waals surface area (Å²) in [5, 5.41) is 2.80. The molecular formula is C21H34N2O3. The first-order chi connectivity index (χ1) is 12.8. The van der Waals surface area contributed by atoms with E-state index in [9.17, 15) is 4.79 Å². The van der Waals surface area contributed by atoms with E-state index in [2.05, 4.69) is 17.1 Å². The Morgan fingerprint density at radius 3 is 2.62 bits per heavy atom. The van der Waals surface area contributed by atoms with Gasteiger partial charge in [-0.3, -0.25) is 10.2 Å². The molecule has 26 heavy (non-hydrogen) atoms. The van der Waals surface area contributed by atoms with Gasteiger partial charge in [0, 0.05) is 6.54 Å². The molecule has 0 unspecified atom stereocenters. The summed E-state index contributed by atoms with van der Waals surface area (Å²) in [4.78, 5) is 14.4. The number of piperidine rings is 1. The molecule has 1 aliphatic heterocycles. The highest BCUT2D eigenvalue weighted by Crippen LogP contribution is 2.24. The maximum absolute atomic E-state index is 12.0. The van der Waals surface area contributed by atoms with Gasteiger partial charge in [0.2, 0.25) is 0 Å². The Morgan fingerprint density at radius 2 is 1.81 bits per heavy atom. The van der Waals surface area contributed by atoms with Crippen molar-refractivity contribution in [1.29, 1.82) is 0 Å². The third-order valence-electron chi connectivity index (χ3n) is 4.72. The van der Waals surface area contributed by atoms with Gasteiger partial charge in [0.15, 0.2) is 0 Å². The third-order valence-corrected chi connectivity index (χ3v) is 4.72. The second-order valence-corrected chi connectivity index (χ2v) is 6.92. The monoisotopic (exact) mass is 362 g/mol. The average Bonchev–Trinajstić information content (AvgIpc) is 2.66. The average molecular weight is 363 g/mol. The summed E-state index contributed by atoms with van der Waals surface area (Å²) in [6, 6.07) is 7.53. The van der Waals surface area contributed by atoms with Crippen LogP contribution in [-0.2, 0) is 4.74 Å². The van der Waals surface area contributed by atoms with Crippen molar-refractivity contribution in [2.75, 3.05) is 38.2 Å². The van der Waals surface area contributed by atoms with E-state index < -0.39 is 6.09 Å². The predicted molar refractivity (Wildman–Crippen MR) is 106 cm³/mol.